The summed E-state index contributed by atoms with van der Waals surface area (Å²) >= 11 is 0. The Morgan fingerprint density at radius 3 is 2.58 bits per heavy atom. The number of rotatable bonds is 10. The van der Waals surface area contributed by atoms with Crippen LogP contribution in [0.5, 0.6) is 5.75 Å². The van der Waals surface area contributed by atoms with E-state index in [-0.39, 0.29) is 11.6 Å². The van der Waals surface area contributed by atoms with Crippen molar-refractivity contribution in [3.05, 3.63) is 105 Å². The van der Waals surface area contributed by atoms with E-state index in [2.05, 4.69) is 45.3 Å². The number of tetrazole rings is 1. The smallest absolute Gasteiger partial charge is 0.252 e. The molecule has 1 atom stereocenters. The summed E-state index contributed by atoms with van der Waals surface area (Å²) in [5.74, 6) is 2.34. The molecule has 0 bridgehead atoms. The van der Waals surface area contributed by atoms with Gasteiger partial charge in [-0.15, -0.1) is 5.10 Å². The maximum absolute atomic E-state index is 13.2. The molecule has 5 rings (SSSR count). The SMILES string of the molecule is CC[C@@H](c1nnnn1Cc1ccc(OC)cc1)N(Cc1ccco1)Cc1cc2c(C)ccc(C)c2[nH]c1=O. The number of aryl methyl sites for hydroxylation is 2. The number of benzene rings is 2. The maximum Gasteiger partial charge on any atom is 0.252 e. The van der Waals surface area contributed by atoms with Gasteiger partial charge in [-0.25, -0.2) is 4.68 Å². The standard InChI is InChI=1S/C29H32N6O3/c1-5-26(28-31-32-33-35(28)16-21-10-12-23(37-4)13-11-21)34(18-24-7-6-14-38-24)17-22-15-25-19(2)8-9-20(3)27(25)30-29(22)36/h6-15,26H,5,16-18H2,1-4H3,(H,30,36)/t26-/m0/s1. The molecule has 0 saturated carbocycles. The summed E-state index contributed by atoms with van der Waals surface area (Å²) < 4.78 is 12.8. The zero-order valence-electron chi connectivity index (χ0n) is 22.1. The number of aromatic nitrogens is 5. The lowest BCUT2D eigenvalue weighted by molar-refractivity contribution is 0.149. The van der Waals surface area contributed by atoms with E-state index in [4.69, 9.17) is 9.15 Å². The fraction of sp³-hybridized carbons (Fsp3) is 0.310. The minimum atomic E-state index is -0.151. The van der Waals surface area contributed by atoms with Gasteiger partial charge in [0.25, 0.3) is 5.56 Å². The zero-order valence-corrected chi connectivity index (χ0v) is 22.1. The van der Waals surface area contributed by atoms with Crippen molar-refractivity contribution < 1.29 is 9.15 Å². The summed E-state index contributed by atoms with van der Waals surface area (Å²) in [4.78, 5) is 18.6. The van der Waals surface area contributed by atoms with Gasteiger partial charge in [0, 0.05) is 17.5 Å². The topological polar surface area (TPSA) is 102 Å². The lowest BCUT2D eigenvalue weighted by Crippen LogP contribution is -2.32. The number of aromatic amines is 1. The summed E-state index contributed by atoms with van der Waals surface area (Å²) in [6.45, 7) is 7.61. The van der Waals surface area contributed by atoms with E-state index in [1.165, 1.54) is 0 Å². The van der Waals surface area contributed by atoms with Gasteiger partial charge in [0.15, 0.2) is 5.82 Å². The average molecular weight is 513 g/mol. The van der Waals surface area contributed by atoms with Crippen LogP contribution in [0.25, 0.3) is 10.9 Å². The van der Waals surface area contributed by atoms with E-state index < -0.39 is 0 Å². The van der Waals surface area contributed by atoms with Crippen LogP contribution in [0.4, 0.5) is 0 Å². The third-order valence-electron chi connectivity index (χ3n) is 7.01. The molecule has 0 spiro atoms. The molecule has 3 heterocycles. The minimum Gasteiger partial charge on any atom is -0.497 e. The van der Waals surface area contributed by atoms with Crippen molar-refractivity contribution in [1.29, 1.82) is 0 Å². The van der Waals surface area contributed by atoms with Crippen LogP contribution in [0.15, 0.2) is 70.1 Å². The van der Waals surface area contributed by atoms with Crippen molar-refractivity contribution in [2.75, 3.05) is 7.11 Å². The Bertz CT molecular complexity index is 1570. The predicted molar refractivity (Wildman–Crippen MR) is 145 cm³/mol. The number of ether oxygens (including phenoxy) is 1. The van der Waals surface area contributed by atoms with Crippen LogP contribution in [0.2, 0.25) is 0 Å². The van der Waals surface area contributed by atoms with Gasteiger partial charge < -0.3 is 14.1 Å². The molecule has 2 aromatic carbocycles. The van der Waals surface area contributed by atoms with Gasteiger partial charge in [0.1, 0.15) is 11.5 Å². The molecular formula is C29H32N6O3. The van der Waals surface area contributed by atoms with Gasteiger partial charge in [0.05, 0.1) is 38.0 Å². The van der Waals surface area contributed by atoms with E-state index >= 15 is 0 Å². The molecule has 5 aromatic rings. The van der Waals surface area contributed by atoms with Crippen molar-refractivity contribution in [3.8, 4) is 5.75 Å². The highest BCUT2D eigenvalue weighted by Gasteiger charge is 2.27. The van der Waals surface area contributed by atoms with Gasteiger partial charge >= 0.3 is 0 Å². The Hall–Kier alpha value is -4.24. The first-order valence-corrected chi connectivity index (χ1v) is 12.7. The molecular weight excluding hydrogens is 480 g/mol. The lowest BCUT2D eigenvalue weighted by atomic mass is 10.0. The van der Waals surface area contributed by atoms with E-state index in [0.717, 1.165) is 51.3 Å². The molecule has 0 amide bonds. The van der Waals surface area contributed by atoms with Crippen molar-refractivity contribution in [2.24, 2.45) is 0 Å². The summed E-state index contributed by atoms with van der Waals surface area (Å²) in [5, 5.41) is 13.8. The van der Waals surface area contributed by atoms with Crippen LogP contribution in [-0.2, 0) is 19.6 Å². The third kappa shape index (κ3) is 5.24. The van der Waals surface area contributed by atoms with E-state index in [1.807, 2.05) is 60.1 Å². The summed E-state index contributed by atoms with van der Waals surface area (Å²) in [6.07, 6.45) is 2.41. The number of pyridine rings is 1. The Kier molecular flexibility index (Phi) is 7.37. The second-order valence-corrected chi connectivity index (χ2v) is 9.56. The quantitative estimate of drug-likeness (QED) is 0.283. The van der Waals surface area contributed by atoms with Crippen molar-refractivity contribution >= 4 is 10.9 Å². The average Bonchev–Trinajstić information content (AvgIpc) is 3.60. The number of nitrogens with one attached hydrogen (secondary N) is 1. The van der Waals surface area contributed by atoms with Gasteiger partial charge in [-0.05, 0) is 77.7 Å². The van der Waals surface area contributed by atoms with Crippen LogP contribution in [0.3, 0.4) is 0 Å². The second-order valence-electron chi connectivity index (χ2n) is 9.56. The monoisotopic (exact) mass is 512 g/mol. The molecule has 38 heavy (non-hydrogen) atoms. The molecule has 0 unspecified atom stereocenters. The molecule has 0 aliphatic heterocycles. The largest absolute Gasteiger partial charge is 0.497 e. The van der Waals surface area contributed by atoms with Crippen molar-refractivity contribution in [3.63, 3.8) is 0 Å². The van der Waals surface area contributed by atoms with Crippen molar-refractivity contribution in [1.82, 2.24) is 30.1 Å². The number of methoxy groups -OCH3 is 1. The number of furan rings is 1. The van der Waals surface area contributed by atoms with Crippen LogP contribution in [0, 0.1) is 13.8 Å². The first kappa shape index (κ1) is 25.4. The highest BCUT2D eigenvalue weighted by molar-refractivity contribution is 5.85. The molecule has 0 fully saturated rings. The molecule has 1 N–H and O–H groups in total. The molecule has 0 aliphatic rings. The molecule has 196 valence electrons. The van der Waals surface area contributed by atoms with E-state index in [0.29, 0.717) is 25.2 Å². The predicted octanol–water partition coefficient (Wildman–Crippen LogP) is 4.93. The van der Waals surface area contributed by atoms with Gasteiger partial charge in [-0.2, -0.15) is 0 Å². The fourth-order valence-corrected chi connectivity index (χ4v) is 4.90. The Morgan fingerprint density at radius 2 is 1.87 bits per heavy atom. The summed E-state index contributed by atoms with van der Waals surface area (Å²) in [7, 11) is 1.65. The van der Waals surface area contributed by atoms with E-state index in [9.17, 15) is 4.79 Å². The molecule has 0 saturated heterocycles. The Balaban J connectivity index is 1.50. The van der Waals surface area contributed by atoms with Gasteiger partial charge in [-0.1, -0.05) is 31.2 Å². The number of H-pyrrole nitrogens is 1. The first-order valence-electron chi connectivity index (χ1n) is 12.7. The second kappa shape index (κ2) is 11.0. The molecule has 0 aliphatic carbocycles. The minimum absolute atomic E-state index is 0.0941. The summed E-state index contributed by atoms with van der Waals surface area (Å²) in [5.41, 5.74) is 4.70. The zero-order chi connectivity index (χ0) is 26.6. The van der Waals surface area contributed by atoms with Gasteiger partial charge in [0.2, 0.25) is 0 Å². The first-order chi connectivity index (χ1) is 18.5. The highest BCUT2D eigenvalue weighted by atomic mass is 16.5. The number of nitrogens with zero attached hydrogens (tertiary/aromatic N) is 5. The highest BCUT2D eigenvalue weighted by Crippen LogP contribution is 2.28. The van der Waals surface area contributed by atoms with Crippen molar-refractivity contribution in [2.45, 2.75) is 52.9 Å². The van der Waals surface area contributed by atoms with Gasteiger partial charge in [-0.3, -0.25) is 9.69 Å². The third-order valence-corrected chi connectivity index (χ3v) is 7.01. The van der Waals surface area contributed by atoms with Crippen LogP contribution in [-0.4, -0.2) is 37.2 Å². The molecule has 9 nitrogen and oxygen atoms in total. The Morgan fingerprint density at radius 1 is 1.08 bits per heavy atom. The number of hydrogen-bond acceptors (Lipinski definition) is 7. The van der Waals surface area contributed by atoms with Crippen LogP contribution in [0.1, 0.15) is 53.2 Å². The Labute approximate surface area is 221 Å². The molecule has 3 aromatic heterocycles. The normalized spacial score (nSPS) is 12.3. The maximum atomic E-state index is 13.2. The fourth-order valence-electron chi connectivity index (χ4n) is 4.90. The lowest BCUT2D eigenvalue weighted by Gasteiger charge is -2.29. The number of fused-ring (bicyclic) bond motifs is 1. The van der Waals surface area contributed by atoms with E-state index in [1.54, 1.807) is 13.4 Å². The molecule has 0 radical (unpaired) electrons. The van der Waals surface area contributed by atoms with Crippen LogP contribution < -0.4 is 10.3 Å². The summed E-state index contributed by atoms with van der Waals surface area (Å²) in [6, 6.07) is 17.7. The van der Waals surface area contributed by atoms with Crippen LogP contribution >= 0.6 is 0 Å². The number of hydrogen-bond donors (Lipinski definition) is 1. The molecule has 9 heteroatoms.